The normalized spacial score (nSPS) is 14.7. The maximum atomic E-state index is 14.9. The summed E-state index contributed by atoms with van der Waals surface area (Å²) >= 11 is 0. The smallest absolute Gasteiger partial charge is 0.348 e. The number of esters is 1. The third-order valence-corrected chi connectivity index (χ3v) is 8.27. The number of alkyl halides is 3. The molecule has 0 N–H and O–H groups in total. The first-order valence-corrected chi connectivity index (χ1v) is 17.0. The molecule has 0 amide bonds. The Labute approximate surface area is 273 Å². The summed E-state index contributed by atoms with van der Waals surface area (Å²) in [5.74, 6) is 0.167. The molecular formula is C38H51F3N2O3. The molecule has 2 aromatic carbocycles. The van der Waals surface area contributed by atoms with E-state index in [0.717, 1.165) is 68.9 Å². The molecule has 5 nitrogen and oxygen atoms in total. The lowest BCUT2D eigenvalue weighted by Gasteiger charge is -2.24. The highest BCUT2D eigenvalue weighted by Gasteiger charge is 2.34. The zero-order chi connectivity index (χ0) is 33.4. The van der Waals surface area contributed by atoms with Crippen LogP contribution in [0.4, 0.5) is 13.2 Å². The van der Waals surface area contributed by atoms with Crippen LogP contribution in [0.2, 0.25) is 0 Å². The van der Waals surface area contributed by atoms with Crippen molar-refractivity contribution in [1.82, 2.24) is 9.97 Å². The van der Waals surface area contributed by atoms with Crippen LogP contribution < -0.4 is 9.47 Å². The molecule has 3 rings (SSSR count). The molecule has 4 unspecified atom stereocenters. The fraction of sp³-hybridized carbons (Fsp3) is 0.553. The third kappa shape index (κ3) is 11.7. The van der Waals surface area contributed by atoms with Crippen molar-refractivity contribution >= 4 is 5.97 Å². The van der Waals surface area contributed by atoms with E-state index in [1.54, 1.807) is 54.9 Å². The summed E-state index contributed by atoms with van der Waals surface area (Å²) in [5, 5.41) is 0. The molecule has 0 aliphatic carbocycles. The molecule has 0 aliphatic rings. The first-order chi connectivity index (χ1) is 22.2. The minimum absolute atomic E-state index is 0.134. The summed E-state index contributed by atoms with van der Waals surface area (Å²) in [4.78, 5) is 21.5. The van der Waals surface area contributed by atoms with Gasteiger partial charge in [0, 0.05) is 18.0 Å². The Morgan fingerprint density at radius 3 is 2.02 bits per heavy atom. The Morgan fingerprint density at radius 1 is 0.804 bits per heavy atom. The first kappa shape index (κ1) is 37.0. The highest BCUT2D eigenvalue weighted by Crippen LogP contribution is 2.32. The van der Waals surface area contributed by atoms with E-state index in [4.69, 9.17) is 9.47 Å². The van der Waals surface area contributed by atoms with Crippen LogP contribution in [0.15, 0.2) is 60.9 Å². The lowest BCUT2D eigenvalue weighted by atomic mass is 9.99. The SMILES string of the molecule is CCCCCCCCC(Oc1ccccc1-c1ncc(-c2ccc(OC(=O)C(C)(F)CCCCCCC)cc2)cn1)C(F)C(C)F. The second-order valence-corrected chi connectivity index (χ2v) is 12.4. The number of unbranched alkanes of at least 4 members (excludes halogenated alkanes) is 9. The molecule has 0 radical (unpaired) electrons. The van der Waals surface area contributed by atoms with Crippen LogP contribution in [-0.4, -0.2) is 40.1 Å². The van der Waals surface area contributed by atoms with E-state index in [1.807, 2.05) is 6.07 Å². The predicted octanol–water partition coefficient (Wildman–Crippen LogP) is 11.0. The van der Waals surface area contributed by atoms with Crippen LogP contribution in [0.5, 0.6) is 11.5 Å². The van der Waals surface area contributed by atoms with Crippen LogP contribution >= 0.6 is 0 Å². The number of hydrogen-bond acceptors (Lipinski definition) is 5. The van der Waals surface area contributed by atoms with E-state index in [-0.39, 0.29) is 12.2 Å². The zero-order valence-corrected chi connectivity index (χ0v) is 28.0. The van der Waals surface area contributed by atoms with Crippen LogP contribution in [0.3, 0.4) is 0 Å². The molecule has 4 atom stereocenters. The molecule has 0 saturated heterocycles. The van der Waals surface area contributed by atoms with Gasteiger partial charge in [-0.15, -0.1) is 0 Å². The molecule has 0 saturated carbocycles. The molecule has 46 heavy (non-hydrogen) atoms. The van der Waals surface area contributed by atoms with Gasteiger partial charge in [0.2, 0.25) is 5.67 Å². The largest absolute Gasteiger partial charge is 0.487 e. The molecule has 0 spiro atoms. The maximum Gasteiger partial charge on any atom is 0.348 e. The van der Waals surface area contributed by atoms with Crippen LogP contribution in [0, 0.1) is 0 Å². The van der Waals surface area contributed by atoms with Gasteiger partial charge >= 0.3 is 5.97 Å². The summed E-state index contributed by atoms with van der Waals surface area (Å²) in [5.41, 5.74) is 0.0463. The van der Waals surface area contributed by atoms with Crippen LogP contribution in [0.25, 0.3) is 22.5 Å². The van der Waals surface area contributed by atoms with Gasteiger partial charge in [0.05, 0.1) is 5.56 Å². The lowest BCUT2D eigenvalue weighted by Crippen LogP contribution is -2.34. The molecule has 8 heteroatoms. The fourth-order valence-electron chi connectivity index (χ4n) is 5.33. The number of hydrogen-bond donors (Lipinski definition) is 0. The van der Waals surface area contributed by atoms with Crippen molar-refractivity contribution < 1.29 is 27.4 Å². The van der Waals surface area contributed by atoms with E-state index in [9.17, 15) is 18.0 Å². The van der Waals surface area contributed by atoms with Crippen molar-refractivity contribution in [2.24, 2.45) is 0 Å². The standard InChI is InChI=1S/C38H51F3N2O3/c1-5-7-9-11-12-14-20-34(35(40)28(3)39)46-33-19-16-15-18-32(33)36-42-26-30(27-43-36)29-21-23-31(24-22-29)45-37(44)38(4,41)25-17-13-10-8-6-2/h15-16,18-19,21-24,26-28,34-35H,5-14,17,20,25H2,1-4H3. The van der Waals surface area contributed by atoms with Gasteiger partial charge in [-0.1, -0.05) is 95.9 Å². The molecule has 1 heterocycles. The van der Waals surface area contributed by atoms with Gasteiger partial charge in [-0.3, -0.25) is 0 Å². The number of rotatable bonds is 21. The molecule has 0 fully saturated rings. The number of nitrogens with zero attached hydrogens (tertiary/aromatic N) is 2. The fourth-order valence-corrected chi connectivity index (χ4v) is 5.33. The van der Waals surface area contributed by atoms with Crippen molar-refractivity contribution in [2.75, 3.05) is 0 Å². The minimum Gasteiger partial charge on any atom is -0.487 e. The van der Waals surface area contributed by atoms with Gasteiger partial charge in [-0.25, -0.2) is 27.9 Å². The molecule has 0 bridgehead atoms. The van der Waals surface area contributed by atoms with Crippen molar-refractivity contribution in [1.29, 1.82) is 0 Å². The average molecular weight is 641 g/mol. The number of para-hydroxylation sites is 1. The summed E-state index contributed by atoms with van der Waals surface area (Å²) in [7, 11) is 0. The molecule has 3 aromatic rings. The molecule has 1 aromatic heterocycles. The summed E-state index contributed by atoms with van der Waals surface area (Å²) in [6, 6.07) is 13.9. The topological polar surface area (TPSA) is 61.3 Å². The Kier molecular flexibility index (Phi) is 15.5. The minimum atomic E-state index is -2.04. The van der Waals surface area contributed by atoms with Gasteiger partial charge in [-0.2, -0.15) is 0 Å². The maximum absolute atomic E-state index is 14.9. The predicted molar refractivity (Wildman–Crippen MR) is 179 cm³/mol. The van der Waals surface area contributed by atoms with Gasteiger partial charge in [0.15, 0.2) is 12.0 Å². The molecular weight excluding hydrogens is 589 g/mol. The third-order valence-electron chi connectivity index (χ3n) is 8.27. The van der Waals surface area contributed by atoms with E-state index in [0.29, 0.717) is 30.0 Å². The van der Waals surface area contributed by atoms with Crippen molar-refractivity contribution in [3.63, 3.8) is 0 Å². The van der Waals surface area contributed by atoms with Crippen molar-refractivity contribution in [3.8, 4) is 34.0 Å². The Morgan fingerprint density at radius 2 is 1.39 bits per heavy atom. The van der Waals surface area contributed by atoms with E-state index in [2.05, 4.69) is 23.8 Å². The summed E-state index contributed by atoms with van der Waals surface area (Å²) in [6.45, 7) is 6.78. The number of aromatic nitrogens is 2. The van der Waals surface area contributed by atoms with Gasteiger partial charge in [0.25, 0.3) is 0 Å². The molecule has 252 valence electrons. The Hall–Kier alpha value is -3.42. The highest BCUT2D eigenvalue weighted by molar-refractivity contribution is 5.81. The van der Waals surface area contributed by atoms with Crippen LogP contribution in [-0.2, 0) is 4.79 Å². The quantitative estimate of drug-likeness (QED) is 0.0659. The van der Waals surface area contributed by atoms with Gasteiger partial charge in [-0.05, 0) is 69.4 Å². The number of ether oxygens (including phenoxy) is 2. The number of carbonyl (C=O) groups excluding carboxylic acids is 1. The lowest BCUT2D eigenvalue weighted by molar-refractivity contribution is -0.147. The number of halogens is 3. The average Bonchev–Trinajstić information content (AvgIpc) is 3.06. The van der Waals surface area contributed by atoms with Crippen LogP contribution in [0.1, 0.15) is 111 Å². The van der Waals surface area contributed by atoms with Crippen molar-refractivity contribution in [3.05, 3.63) is 60.9 Å². The first-order valence-electron chi connectivity index (χ1n) is 17.0. The summed E-state index contributed by atoms with van der Waals surface area (Å²) < 4.78 is 55.4. The number of benzene rings is 2. The van der Waals surface area contributed by atoms with Crippen molar-refractivity contribution in [2.45, 2.75) is 135 Å². The van der Waals surface area contributed by atoms with Gasteiger partial charge in [0.1, 0.15) is 23.8 Å². The summed E-state index contributed by atoms with van der Waals surface area (Å²) in [6.07, 6.45) is 10.6. The molecule has 0 aliphatic heterocycles. The van der Waals surface area contributed by atoms with Gasteiger partial charge < -0.3 is 9.47 Å². The van der Waals surface area contributed by atoms with E-state index >= 15 is 0 Å². The second-order valence-electron chi connectivity index (χ2n) is 12.4. The monoisotopic (exact) mass is 640 g/mol. The Bertz CT molecular complexity index is 1300. The second kappa shape index (κ2) is 19.3. The Balaban J connectivity index is 1.65. The van der Waals surface area contributed by atoms with E-state index in [1.165, 1.54) is 20.3 Å². The number of carbonyl (C=O) groups is 1. The highest BCUT2D eigenvalue weighted by atomic mass is 19.2. The van der Waals surface area contributed by atoms with E-state index < -0.39 is 30.1 Å². The zero-order valence-electron chi connectivity index (χ0n) is 28.0.